The lowest BCUT2D eigenvalue weighted by Gasteiger charge is -2.26. The Kier molecular flexibility index (Phi) is 5.53. The first kappa shape index (κ1) is 20.8. The number of anilines is 1. The van der Waals surface area contributed by atoms with Crippen molar-refractivity contribution in [2.45, 2.75) is 19.0 Å². The van der Waals surface area contributed by atoms with Crippen LogP contribution in [-0.4, -0.2) is 10.1 Å². The van der Waals surface area contributed by atoms with E-state index in [0.29, 0.717) is 5.11 Å². The third kappa shape index (κ3) is 3.82. The monoisotopic (exact) mass is 507 g/mol. The summed E-state index contributed by atoms with van der Waals surface area (Å²) in [7, 11) is 0. The largest absolute Gasteiger partial charge is 0.459 e. The summed E-state index contributed by atoms with van der Waals surface area (Å²) in [4.78, 5) is 6.50. The highest BCUT2D eigenvalue weighted by molar-refractivity contribution is 9.10. The van der Waals surface area contributed by atoms with E-state index in [0.717, 1.165) is 38.5 Å². The Morgan fingerprint density at radius 1 is 1.06 bits per heavy atom. The highest BCUT2D eigenvalue weighted by Gasteiger charge is 2.42. The third-order valence-electron chi connectivity index (χ3n) is 5.51. The topological polar surface area (TPSA) is 41.3 Å². The van der Waals surface area contributed by atoms with Crippen molar-refractivity contribution in [2.24, 2.45) is 0 Å². The van der Waals surface area contributed by atoms with Gasteiger partial charge in [0.15, 0.2) is 5.11 Å². The van der Waals surface area contributed by atoms with Crippen LogP contribution in [-0.2, 0) is 0 Å². The molecule has 2 aromatic carbocycles. The molecule has 4 aromatic rings. The van der Waals surface area contributed by atoms with Crippen molar-refractivity contribution in [3.05, 3.63) is 106 Å². The molecule has 5 rings (SSSR count). The van der Waals surface area contributed by atoms with Gasteiger partial charge >= 0.3 is 0 Å². The standard InChI is InChI=1S/C25H19BrFN3OS/c1-15-5-10-18(19(26)14-15)21-11-12-22(31-21)24-23(20-4-2-3-13-28-20)29-25(32)30(24)17-8-6-16(27)7-9-17/h2-14,23-24H,1H3,(H,29,32)/t23-,24-/m1/s1. The van der Waals surface area contributed by atoms with Crippen LogP contribution in [0.25, 0.3) is 11.3 Å². The molecule has 0 spiro atoms. The molecule has 2 aromatic heterocycles. The van der Waals surface area contributed by atoms with Gasteiger partial charge in [-0.15, -0.1) is 0 Å². The van der Waals surface area contributed by atoms with Gasteiger partial charge in [0.05, 0.1) is 11.7 Å². The number of thiocarbonyl (C=S) groups is 1. The smallest absolute Gasteiger partial charge is 0.174 e. The molecule has 1 aliphatic rings. The van der Waals surface area contributed by atoms with Gasteiger partial charge in [-0.2, -0.15) is 0 Å². The van der Waals surface area contributed by atoms with E-state index in [1.807, 2.05) is 48.2 Å². The fourth-order valence-corrected chi connectivity index (χ4v) is 5.03. The number of halogens is 2. The predicted octanol–water partition coefficient (Wildman–Crippen LogP) is 6.73. The minimum Gasteiger partial charge on any atom is -0.459 e. The molecule has 1 N–H and O–H groups in total. The molecule has 0 aliphatic carbocycles. The lowest BCUT2D eigenvalue weighted by molar-refractivity contribution is 0.439. The number of furan rings is 1. The van der Waals surface area contributed by atoms with E-state index in [9.17, 15) is 4.39 Å². The van der Waals surface area contributed by atoms with Crippen molar-refractivity contribution in [3.63, 3.8) is 0 Å². The lowest BCUT2D eigenvalue weighted by atomic mass is 10.0. The van der Waals surface area contributed by atoms with Crippen LogP contribution in [0, 0.1) is 12.7 Å². The molecule has 0 amide bonds. The molecular formula is C25H19BrFN3OS. The second-order valence-corrected chi connectivity index (χ2v) is 8.90. The van der Waals surface area contributed by atoms with E-state index in [2.05, 4.69) is 38.4 Å². The first-order valence-electron chi connectivity index (χ1n) is 10.1. The zero-order valence-corrected chi connectivity index (χ0v) is 19.5. The summed E-state index contributed by atoms with van der Waals surface area (Å²) >= 11 is 9.33. The maximum atomic E-state index is 13.6. The number of hydrogen-bond donors (Lipinski definition) is 1. The van der Waals surface area contributed by atoms with Gasteiger partial charge in [0, 0.05) is 21.9 Å². The number of aryl methyl sites for hydroxylation is 1. The van der Waals surface area contributed by atoms with E-state index in [4.69, 9.17) is 16.6 Å². The fraction of sp³-hybridized carbons (Fsp3) is 0.120. The molecule has 0 unspecified atom stereocenters. The molecule has 1 saturated heterocycles. The van der Waals surface area contributed by atoms with Gasteiger partial charge in [-0.3, -0.25) is 4.98 Å². The number of aromatic nitrogens is 1. The van der Waals surface area contributed by atoms with Gasteiger partial charge in [0.1, 0.15) is 23.4 Å². The zero-order chi connectivity index (χ0) is 22.2. The van der Waals surface area contributed by atoms with Crippen LogP contribution in [0.1, 0.15) is 29.1 Å². The average molecular weight is 508 g/mol. The van der Waals surface area contributed by atoms with E-state index < -0.39 is 0 Å². The fourth-order valence-electron chi connectivity index (χ4n) is 4.00. The maximum absolute atomic E-state index is 13.6. The van der Waals surface area contributed by atoms with Gasteiger partial charge in [-0.1, -0.05) is 28.1 Å². The highest BCUT2D eigenvalue weighted by Crippen LogP contribution is 2.43. The quantitative estimate of drug-likeness (QED) is 0.310. The molecule has 1 aliphatic heterocycles. The number of nitrogens with zero attached hydrogens (tertiary/aromatic N) is 2. The number of hydrogen-bond acceptors (Lipinski definition) is 3. The Hall–Kier alpha value is -3.03. The van der Waals surface area contributed by atoms with Crippen LogP contribution >= 0.6 is 28.1 Å². The molecule has 0 saturated carbocycles. The molecule has 7 heteroatoms. The van der Waals surface area contributed by atoms with Crippen LogP contribution in [0.3, 0.4) is 0 Å². The Balaban J connectivity index is 1.60. The molecule has 4 nitrogen and oxygen atoms in total. The number of pyridine rings is 1. The molecule has 160 valence electrons. The minimum absolute atomic E-state index is 0.228. The van der Waals surface area contributed by atoms with E-state index in [1.165, 1.54) is 12.1 Å². The minimum atomic E-state index is -0.297. The summed E-state index contributed by atoms with van der Waals surface area (Å²) in [5, 5.41) is 3.92. The van der Waals surface area contributed by atoms with Gasteiger partial charge in [0.2, 0.25) is 0 Å². The summed E-state index contributed by atoms with van der Waals surface area (Å²) in [5.74, 6) is 1.19. The summed E-state index contributed by atoms with van der Waals surface area (Å²) in [5.41, 5.74) is 3.76. The van der Waals surface area contributed by atoms with Crippen LogP contribution in [0.2, 0.25) is 0 Å². The lowest BCUT2D eigenvalue weighted by Crippen LogP contribution is -2.29. The molecular weight excluding hydrogens is 489 g/mol. The van der Waals surface area contributed by atoms with E-state index >= 15 is 0 Å². The number of benzene rings is 2. The highest BCUT2D eigenvalue weighted by atomic mass is 79.9. The Labute approximate surface area is 199 Å². The van der Waals surface area contributed by atoms with Crippen LogP contribution in [0.5, 0.6) is 0 Å². The van der Waals surface area contributed by atoms with Gasteiger partial charge < -0.3 is 14.6 Å². The Bertz CT molecular complexity index is 1280. The molecule has 2 atom stereocenters. The second-order valence-electron chi connectivity index (χ2n) is 7.66. The number of nitrogens with one attached hydrogen (secondary N) is 1. The summed E-state index contributed by atoms with van der Waals surface area (Å²) < 4.78 is 20.9. The first-order valence-corrected chi connectivity index (χ1v) is 11.3. The van der Waals surface area contributed by atoms with E-state index in [-0.39, 0.29) is 17.9 Å². The molecule has 3 heterocycles. The van der Waals surface area contributed by atoms with Crippen LogP contribution in [0.15, 0.2) is 87.9 Å². The second kappa shape index (κ2) is 8.48. The molecule has 0 radical (unpaired) electrons. The zero-order valence-electron chi connectivity index (χ0n) is 17.1. The van der Waals surface area contributed by atoms with Crippen molar-refractivity contribution in [1.82, 2.24) is 10.3 Å². The Morgan fingerprint density at radius 2 is 1.88 bits per heavy atom. The molecule has 1 fully saturated rings. The van der Waals surface area contributed by atoms with Crippen molar-refractivity contribution < 1.29 is 8.81 Å². The van der Waals surface area contributed by atoms with Gasteiger partial charge in [0.25, 0.3) is 0 Å². The maximum Gasteiger partial charge on any atom is 0.174 e. The van der Waals surface area contributed by atoms with Gasteiger partial charge in [-0.05, 0) is 85.4 Å². The normalized spacial score (nSPS) is 18.1. The van der Waals surface area contributed by atoms with Crippen molar-refractivity contribution >= 4 is 38.9 Å². The number of rotatable bonds is 4. The predicted molar refractivity (Wildman–Crippen MR) is 131 cm³/mol. The summed E-state index contributed by atoms with van der Waals surface area (Å²) in [6.45, 7) is 2.05. The average Bonchev–Trinajstić information content (AvgIpc) is 3.39. The summed E-state index contributed by atoms with van der Waals surface area (Å²) in [6, 6.07) is 21.6. The van der Waals surface area contributed by atoms with Crippen molar-refractivity contribution in [1.29, 1.82) is 0 Å². The van der Waals surface area contributed by atoms with Crippen LogP contribution in [0.4, 0.5) is 10.1 Å². The molecule has 32 heavy (non-hydrogen) atoms. The third-order valence-corrected chi connectivity index (χ3v) is 6.48. The first-order chi connectivity index (χ1) is 15.5. The van der Waals surface area contributed by atoms with E-state index in [1.54, 1.807) is 18.3 Å². The summed E-state index contributed by atoms with van der Waals surface area (Å²) in [6.07, 6.45) is 1.76. The SMILES string of the molecule is Cc1ccc(-c2ccc([C@@H]3[C@@H](c4ccccn4)NC(=S)N3c3ccc(F)cc3)o2)c(Br)c1. The van der Waals surface area contributed by atoms with Crippen molar-refractivity contribution in [3.8, 4) is 11.3 Å². The Morgan fingerprint density at radius 3 is 2.59 bits per heavy atom. The van der Waals surface area contributed by atoms with Crippen LogP contribution < -0.4 is 10.2 Å². The molecule has 0 bridgehead atoms. The van der Waals surface area contributed by atoms with Gasteiger partial charge in [-0.25, -0.2) is 4.39 Å². The van der Waals surface area contributed by atoms with Crippen molar-refractivity contribution in [2.75, 3.05) is 4.90 Å².